The van der Waals surface area contributed by atoms with Gasteiger partial charge in [-0.3, -0.25) is 4.98 Å². The van der Waals surface area contributed by atoms with Gasteiger partial charge in [-0.1, -0.05) is 48.0 Å². The van der Waals surface area contributed by atoms with Crippen LogP contribution in [0.2, 0.25) is 5.02 Å². The van der Waals surface area contributed by atoms with Crippen molar-refractivity contribution in [1.29, 1.82) is 0 Å². The fourth-order valence-electron chi connectivity index (χ4n) is 2.17. The van der Waals surface area contributed by atoms with E-state index in [0.29, 0.717) is 5.02 Å². The van der Waals surface area contributed by atoms with Gasteiger partial charge in [0.15, 0.2) is 0 Å². The van der Waals surface area contributed by atoms with Crippen LogP contribution in [-0.4, -0.2) is 10.1 Å². The summed E-state index contributed by atoms with van der Waals surface area (Å²) in [6.45, 7) is -0.0535. The van der Waals surface area contributed by atoms with E-state index < -0.39 is 0 Å². The fourth-order valence-corrected chi connectivity index (χ4v) is 2.41. The molecule has 2 nitrogen and oxygen atoms in total. The van der Waals surface area contributed by atoms with Crippen LogP contribution in [0.1, 0.15) is 5.56 Å². The molecule has 1 heterocycles. The Morgan fingerprint density at radius 2 is 1.89 bits per heavy atom. The highest BCUT2D eigenvalue weighted by Gasteiger charge is 2.07. The van der Waals surface area contributed by atoms with Crippen molar-refractivity contribution < 1.29 is 5.11 Å². The summed E-state index contributed by atoms with van der Waals surface area (Å²) >= 11 is 6.14. The smallest absolute Gasteiger partial charge is 0.0780 e. The van der Waals surface area contributed by atoms with Gasteiger partial charge in [-0.25, -0.2) is 0 Å². The van der Waals surface area contributed by atoms with Crippen molar-refractivity contribution in [2.45, 2.75) is 6.61 Å². The lowest BCUT2D eigenvalue weighted by Gasteiger charge is -2.08. The molecule has 0 radical (unpaired) electrons. The van der Waals surface area contributed by atoms with Crippen molar-refractivity contribution in [3.8, 4) is 11.3 Å². The van der Waals surface area contributed by atoms with Crippen LogP contribution in [0, 0.1) is 0 Å². The number of aliphatic hydroxyl groups is 1. The summed E-state index contributed by atoms with van der Waals surface area (Å²) in [5.74, 6) is 0. The summed E-state index contributed by atoms with van der Waals surface area (Å²) < 4.78 is 0. The zero-order valence-corrected chi connectivity index (χ0v) is 10.9. The van der Waals surface area contributed by atoms with E-state index in [1.807, 2.05) is 42.5 Å². The van der Waals surface area contributed by atoms with Crippen molar-refractivity contribution in [1.82, 2.24) is 4.98 Å². The third-order valence-corrected chi connectivity index (χ3v) is 3.52. The van der Waals surface area contributed by atoms with Gasteiger partial charge >= 0.3 is 0 Å². The maximum Gasteiger partial charge on any atom is 0.0780 e. The van der Waals surface area contributed by atoms with Crippen molar-refractivity contribution in [3.05, 3.63) is 65.3 Å². The molecular formula is C16H12ClNO. The van der Waals surface area contributed by atoms with Crippen LogP contribution in [0.4, 0.5) is 0 Å². The molecule has 19 heavy (non-hydrogen) atoms. The predicted molar refractivity (Wildman–Crippen MR) is 78.1 cm³/mol. The molecule has 0 saturated heterocycles. The summed E-state index contributed by atoms with van der Waals surface area (Å²) in [5, 5.41) is 12.0. The van der Waals surface area contributed by atoms with Crippen LogP contribution in [0.3, 0.4) is 0 Å². The van der Waals surface area contributed by atoms with Gasteiger partial charge in [0.2, 0.25) is 0 Å². The molecule has 0 fully saturated rings. The number of aromatic nitrogens is 1. The highest BCUT2D eigenvalue weighted by molar-refractivity contribution is 6.31. The molecule has 94 valence electrons. The molecule has 2 aromatic carbocycles. The van der Waals surface area contributed by atoms with Gasteiger partial charge in [0.25, 0.3) is 0 Å². The average Bonchev–Trinajstić information content (AvgIpc) is 2.46. The second-order valence-electron chi connectivity index (χ2n) is 4.34. The van der Waals surface area contributed by atoms with Crippen LogP contribution in [0.25, 0.3) is 22.0 Å². The van der Waals surface area contributed by atoms with E-state index in [1.54, 1.807) is 6.20 Å². The van der Waals surface area contributed by atoms with Crippen molar-refractivity contribution in [2.24, 2.45) is 0 Å². The standard InChI is InChI=1S/C16H12ClNO/c17-15-9-12(5-6-13(15)10-19)16-14-4-2-1-3-11(14)7-8-18-16/h1-9,19H,10H2. The van der Waals surface area contributed by atoms with Crippen LogP contribution >= 0.6 is 11.6 Å². The first-order chi connectivity index (χ1) is 9.29. The number of nitrogens with zero attached hydrogens (tertiary/aromatic N) is 1. The minimum Gasteiger partial charge on any atom is -0.392 e. The molecule has 0 aliphatic carbocycles. The van der Waals surface area contributed by atoms with E-state index in [4.69, 9.17) is 16.7 Å². The monoisotopic (exact) mass is 269 g/mol. The Hall–Kier alpha value is -1.90. The number of aliphatic hydroxyl groups excluding tert-OH is 1. The Labute approximate surface area is 116 Å². The lowest BCUT2D eigenvalue weighted by molar-refractivity contribution is 0.282. The van der Waals surface area contributed by atoms with Crippen molar-refractivity contribution >= 4 is 22.4 Å². The second-order valence-corrected chi connectivity index (χ2v) is 4.75. The number of halogens is 1. The molecule has 0 aliphatic rings. The summed E-state index contributed by atoms with van der Waals surface area (Å²) in [6, 6.07) is 15.7. The van der Waals surface area contributed by atoms with E-state index in [0.717, 1.165) is 27.6 Å². The summed E-state index contributed by atoms with van der Waals surface area (Å²) in [4.78, 5) is 4.45. The summed E-state index contributed by atoms with van der Waals surface area (Å²) in [6.07, 6.45) is 1.80. The zero-order valence-electron chi connectivity index (χ0n) is 10.2. The molecule has 0 bridgehead atoms. The number of pyridine rings is 1. The molecule has 0 amide bonds. The Balaban J connectivity index is 2.22. The van der Waals surface area contributed by atoms with Gasteiger partial charge < -0.3 is 5.11 Å². The molecule has 1 N–H and O–H groups in total. The number of hydrogen-bond donors (Lipinski definition) is 1. The third-order valence-electron chi connectivity index (χ3n) is 3.17. The van der Waals surface area contributed by atoms with Gasteiger partial charge in [0.1, 0.15) is 0 Å². The molecule has 3 rings (SSSR count). The SMILES string of the molecule is OCc1ccc(-c2nccc3ccccc23)cc1Cl. The van der Waals surface area contributed by atoms with E-state index in [9.17, 15) is 0 Å². The summed E-state index contributed by atoms with van der Waals surface area (Å²) in [7, 11) is 0. The quantitative estimate of drug-likeness (QED) is 0.761. The Morgan fingerprint density at radius 1 is 1.05 bits per heavy atom. The minimum absolute atomic E-state index is 0.0535. The molecule has 0 unspecified atom stereocenters. The lowest BCUT2D eigenvalue weighted by Crippen LogP contribution is -1.89. The van der Waals surface area contributed by atoms with Crippen LogP contribution in [0.15, 0.2) is 54.7 Å². The van der Waals surface area contributed by atoms with E-state index in [-0.39, 0.29) is 6.61 Å². The van der Waals surface area contributed by atoms with Crippen LogP contribution in [0.5, 0.6) is 0 Å². The maximum atomic E-state index is 9.15. The highest BCUT2D eigenvalue weighted by Crippen LogP contribution is 2.29. The molecule has 0 aliphatic heterocycles. The summed E-state index contributed by atoms with van der Waals surface area (Å²) in [5.41, 5.74) is 2.59. The van der Waals surface area contributed by atoms with Crippen LogP contribution < -0.4 is 0 Å². The second kappa shape index (κ2) is 5.00. The third kappa shape index (κ3) is 2.21. The Bertz CT molecular complexity index is 734. The van der Waals surface area contributed by atoms with Gasteiger partial charge in [-0.2, -0.15) is 0 Å². The lowest BCUT2D eigenvalue weighted by atomic mass is 10.0. The first-order valence-electron chi connectivity index (χ1n) is 6.03. The molecule has 0 saturated carbocycles. The Kier molecular flexibility index (Phi) is 3.20. The largest absolute Gasteiger partial charge is 0.392 e. The van der Waals surface area contributed by atoms with Gasteiger partial charge in [0.05, 0.1) is 12.3 Å². The fraction of sp³-hybridized carbons (Fsp3) is 0.0625. The highest BCUT2D eigenvalue weighted by atomic mass is 35.5. The van der Waals surface area contributed by atoms with Crippen molar-refractivity contribution in [2.75, 3.05) is 0 Å². The van der Waals surface area contributed by atoms with Crippen molar-refractivity contribution in [3.63, 3.8) is 0 Å². The molecule has 3 heteroatoms. The molecule has 3 aromatic rings. The number of hydrogen-bond acceptors (Lipinski definition) is 2. The molecule has 0 spiro atoms. The van der Waals surface area contributed by atoms with Gasteiger partial charge in [-0.15, -0.1) is 0 Å². The number of rotatable bonds is 2. The van der Waals surface area contributed by atoms with E-state index >= 15 is 0 Å². The number of fused-ring (bicyclic) bond motifs is 1. The Morgan fingerprint density at radius 3 is 2.68 bits per heavy atom. The molecule has 1 aromatic heterocycles. The first kappa shape index (κ1) is 12.2. The van der Waals surface area contributed by atoms with Crippen LogP contribution in [-0.2, 0) is 6.61 Å². The van der Waals surface area contributed by atoms with E-state index in [2.05, 4.69) is 11.1 Å². The zero-order chi connectivity index (χ0) is 13.2. The predicted octanol–water partition coefficient (Wildman–Crippen LogP) is 4.05. The normalized spacial score (nSPS) is 10.8. The first-order valence-corrected chi connectivity index (χ1v) is 6.41. The topological polar surface area (TPSA) is 33.1 Å². The molecular weight excluding hydrogens is 258 g/mol. The van der Waals surface area contributed by atoms with Gasteiger partial charge in [-0.05, 0) is 23.1 Å². The maximum absolute atomic E-state index is 9.15. The minimum atomic E-state index is -0.0535. The van der Waals surface area contributed by atoms with Gasteiger partial charge in [0, 0.05) is 22.2 Å². The van der Waals surface area contributed by atoms with E-state index in [1.165, 1.54) is 0 Å². The average molecular weight is 270 g/mol. The number of benzene rings is 2. The molecule has 0 atom stereocenters.